The Kier molecular flexibility index (Phi) is 5.03. The number of imide groups is 1. The number of carbonyl (C=O) groups is 3. The third-order valence-corrected chi connectivity index (χ3v) is 5.55. The summed E-state index contributed by atoms with van der Waals surface area (Å²) in [7, 11) is 0. The molecule has 3 aromatic carbocycles. The third kappa shape index (κ3) is 3.47. The highest BCUT2D eigenvalue weighted by Crippen LogP contribution is 2.27. The van der Waals surface area contributed by atoms with Gasteiger partial charge in [-0.2, -0.15) is 0 Å². The number of halogens is 1. The average Bonchev–Trinajstić information content (AvgIpc) is 2.97. The van der Waals surface area contributed by atoms with E-state index in [1.54, 1.807) is 42.5 Å². The van der Waals surface area contributed by atoms with Gasteiger partial charge in [0.05, 0.1) is 16.7 Å². The number of hydrogen-bond donors (Lipinski definition) is 0. The third-order valence-electron chi connectivity index (χ3n) is 4.86. The van der Waals surface area contributed by atoms with Gasteiger partial charge in [-0.3, -0.25) is 24.2 Å². The van der Waals surface area contributed by atoms with E-state index in [2.05, 4.69) is 15.9 Å². The molecular formula is C23H17BrN2O3. The number of aryl methyl sites for hydroxylation is 1. The fraction of sp³-hybridized carbons (Fsp3) is 0.0870. The van der Waals surface area contributed by atoms with Gasteiger partial charge in [-0.25, -0.2) is 0 Å². The van der Waals surface area contributed by atoms with Crippen LogP contribution in [-0.4, -0.2) is 29.3 Å². The highest BCUT2D eigenvalue weighted by molar-refractivity contribution is 9.10. The van der Waals surface area contributed by atoms with Crippen molar-refractivity contribution in [2.24, 2.45) is 0 Å². The molecule has 1 heterocycles. The van der Waals surface area contributed by atoms with Crippen LogP contribution in [-0.2, 0) is 0 Å². The van der Waals surface area contributed by atoms with Gasteiger partial charge in [-0.1, -0.05) is 42.0 Å². The van der Waals surface area contributed by atoms with Gasteiger partial charge in [0.15, 0.2) is 0 Å². The van der Waals surface area contributed by atoms with E-state index >= 15 is 0 Å². The van der Waals surface area contributed by atoms with Crippen LogP contribution in [0.5, 0.6) is 0 Å². The number of anilines is 1. The maximum Gasteiger partial charge on any atom is 0.263 e. The Morgan fingerprint density at radius 3 is 2.00 bits per heavy atom. The maximum absolute atomic E-state index is 13.4. The first kappa shape index (κ1) is 19.1. The van der Waals surface area contributed by atoms with Gasteiger partial charge in [0.1, 0.15) is 6.67 Å². The molecule has 0 saturated heterocycles. The van der Waals surface area contributed by atoms with E-state index in [4.69, 9.17) is 0 Å². The Morgan fingerprint density at radius 2 is 1.41 bits per heavy atom. The number of hydrogen-bond acceptors (Lipinski definition) is 3. The molecule has 3 aromatic rings. The highest BCUT2D eigenvalue weighted by atomic mass is 79.9. The van der Waals surface area contributed by atoms with Crippen molar-refractivity contribution < 1.29 is 14.4 Å². The minimum atomic E-state index is -0.400. The Hall–Kier alpha value is -3.25. The average molecular weight is 449 g/mol. The second-order valence-corrected chi connectivity index (χ2v) is 7.63. The number of fused-ring (bicyclic) bond motifs is 1. The topological polar surface area (TPSA) is 57.7 Å². The molecule has 144 valence electrons. The Labute approximate surface area is 176 Å². The molecule has 6 heteroatoms. The van der Waals surface area contributed by atoms with Gasteiger partial charge in [0, 0.05) is 10.2 Å². The van der Waals surface area contributed by atoms with Crippen molar-refractivity contribution in [2.75, 3.05) is 11.6 Å². The molecule has 1 aliphatic heterocycles. The number of rotatable bonds is 4. The summed E-state index contributed by atoms with van der Waals surface area (Å²) >= 11 is 3.41. The molecule has 0 atom stereocenters. The summed E-state index contributed by atoms with van der Waals surface area (Å²) in [5.74, 6) is -1.11. The van der Waals surface area contributed by atoms with E-state index in [1.807, 2.05) is 37.3 Å². The molecule has 29 heavy (non-hydrogen) atoms. The van der Waals surface area contributed by atoms with Gasteiger partial charge in [0.2, 0.25) is 0 Å². The molecule has 0 N–H and O–H groups in total. The van der Waals surface area contributed by atoms with E-state index in [9.17, 15) is 14.4 Å². The predicted octanol–water partition coefficient (Wildman–Crippen LogP) is 4.66. The van der Waals surface area contributed by atoms with Crippen molar-refractivity contribution in [1.82, 2.24) is 4.90 Å². The molecule has 0 saturated carbocycles. The Bertz CT molecular complexity index is 1090. The van der Waals surface area contributed by atoms with Crippen LogP contribution >= 0.6 is 15.9 Å². The van der Waals surface area contributed by atoms with E-state index in [-0.39, 0.29) is 12.6 Å². The lowest BCUT2D eigenvalue weighted by Gasteiger charge is -2.27. The fourth-order valence-electron chi connectivity index (χ4n) is 3.28. The largest absolute Gasteiger partial charge is 0.289 e. The molecule has 5 nitrogen and oxygen atoms in total. The van der Waals surface area contributed by atoms with Crippen LogP contribution < -0.4 is 4.90 Å². The van der Waals surface area contributed by atoms with Gasteiger partial charge in [-0.15, -0.1) is 0 Å². The van der Waals surface area contributed by atoms with Crippen LogP contribution in [0.4, 0.5) is 5.69 Å². The van der Waals surface area contributed by atoms with Crippen molar-refractivity contribution in [3.8, 4) is 0 Å². The van der Waals surface area contributed by atoms with Gasteiger partial charge >= 0.3 is 0 Å². The van der Waals surface area contributed by atoms with Crippen LogP contribution in [0.2, 0.25) is 0 Å². The summed E-state index contributed by atoms with van der Waals surface area (Å²) in [6.45, 7) is 1.78. The van der Waals surface area contributed by atoms with Crippen LogP contribution in [0.3, 0.4) is 0 Å². The van der Waals surface area contributed by atoms with Crippen LogP contribution in [0, 0.1) is 6.92 Å². The Balaban J connectivity index is 1.73. The highest BCUT2D eigenvalue weighted by Gasteiger charge is 2.37. The summed E-state index contributed by atoms with van der Waals surface area (Å²) in [5.41, 5.74) is 2.81. The summed E-state index contributed by atoms with van der Waals surface area (Å²) in [6, 6.07) is 21.2. The zero-order valence-corrected chi connectivity index (χ0v) is 17.2. The lowest BCUT2D eigenvalue weighted by atomic mass is 10.1. The van der Waals surface area contributed by atoms with Crippen LogP contribution in [0.15, 0.2) is 77.3 Å². The molecule has 3 amide bonds. The summed E-state index contributed by atoms with van der Waals surface area (Å²) in [5, 5.41) is 0. The van der Waals surface area contributed by atoms with E-state index in [1.165, 1.54) is 4.90 Å². The zero-order valence-electron chi connectivity index (χ0n) is 15.6. The zero-order chi connectivity index (χ0) is 20.5. The monoisotopic (exact) mass is 448 g/mol. The number of amides is 3. The lowest BCUT2D eigenvalue weighted by molar-refractivity contribution is 0.0650. The minimum Gasteiger partial charge on any atom is -0.289 e. The second kappa shape index (κ2) is 7.64. The smallest absolute Gasteiger partial charge is 0.263 e. The quantitative estimate of drug-likeness (QED) is 0.545. The van der Waals surface area contributed by atoms with Crippen LogP contribution in [0.25, 0.3) is 0 Å². The van der Waals surface area contributed by atoms with E-state index < -0.39 is 11.8 Å². The SMILES string of the molecule is Cc1ccc(N(CN2C(=O)c3ccccc3C2=O)C(=O)c2ccccc2Br)cc1. The normalized spacial score (nSPS) is 12.8. The first-order valence-electron chi connectivity index (χ1n) is 9.05. The van der Waals surface area contributed by atoms with E-state index in [0.717, 1.165) is 10.5 Å². The predicted molar refractivity (Wildman–Crippen MR) is 114 cm³/mol. The lowest BCUT2D eigenvalue weighted by Crippen LogP contribution is -2.44. The van der Waals surface area contributed by atoms with Crippen LogP contribution in [0.1, 0.15) is 36.6 Å². The van der Waals surface area contributed by atoms with Crippen molar-refractivity contribution >= 4 is 39.3 Å². The number of benzene rings is 3. The van der Waals surface area contributed by atoms with E-state index in [0.29, 0.717) is 26.9 Å². The minimum absolute atomic E-state index is 0.171. The van der Waals surface area contributed by atoms with Gasteiger partial charge < -0.3 is 0 Å². The Morgan fingerprint density at radius 1 is 0.862 bits per heavy atom. The van der Waals surface area contributed by atoms with Crippen molar-refractivity contribution in [2.45, 2.75) is 6.92 Å². The first-order chi connectivity index (χ1) is 14.0. The molecule has 0 spiro atoms. The molecule has 0 radical (unpaired) electrons. The molecule has 0 aromatic heterocycles. The standard InChI is InChI=1S/C23H17BrN2O3/c1-15-10-12-16(13-11-15)25(23(29)19-8-4-5-9-20(19)24)14-26-21(27)17-6-2-3-7-18(17)22(26)28/h2-13H,14H2,1H3. The molecule has 0 fully saturated rings. The molecular weight excluding hydrogens is 432 g/mol. The molecule has 0 bridgehead atoms. The number of nitrogens with zero attached hydrogens (tertiary/aromatic N) is 2. The second-order valence-electron chi connectivity index (χ2n) is 6.77. The molecule has 0 aliphatic carbocycles. The molecule has 4 rings (SSSR count). The molecule has 1 aliphatic rings. The maximum atomic E-state index is 13.4. The summed E-state index contributed by atoms with van der Waals surface area (Å²) in [6.07, 6.45) is 0. The van der Waals surface area contributed by atoms with Gasteiger partial charge in [0.25, 0.3) is 17.7 Å². The first-order valence-corrected chi connectivity index (χ1v) is 9.85. The summed E-state index contributed by atoms with van der Waals surface area (Å²) < 4.78 is 0.643. The van der Waals surface area contributed by atoms with Crippen molar-refractivity contribution in [3.63, 3.8) is 0 Å². The van der Waals surface area contributed by atoms with Crippen molar-refractivity contribution in [1.29, 1.82) is 0 Å². The number of carbonyl (C=O) groups excluding carboxylic acids is 3. The van der Waals surface area contributed by atoms with Crippen molar-refractivity contribution in [3.05, 3.63) is 99.5 Å². The fourth-order valence-corrected chi connectivity index (χ4v) is 3.73. The summed E-state index contributed by atoms with van der Waals surface area (Å²) in [4.78, 5) is 41.6. The van der Waals surface area contributed by atoms with Gasteiger partial charge in [-0.05, 0) is 59.3 Å². The molecule has 0 unspecified atom stereocenters.